The fourth-order valence-electron chi connectivity index (χ4n) is 8.21. The molecule has 2 heteroatoms. The lowest BCUT2D eigenvalue weighted by Gasteiger charge is -2.33. The summed E-state index contributed by atoms with van der Waals surface area (Å²) in [6, 6.07) is 75.8. The molecule has 0 heterocycles. The maximum absolute atomic E-state index is 6.67. The summed E-state index contributed by atoms with van der Waals surface area (Å²) in [5.41, 5.74) is 23.3. The van der Waals surface area contributed by atoms with E-state index in [4.69, 9.17) is 10.7 Å². The number of allylic oxidation sites excluding steroid dienone is 1. The van der Waals surface area contributed by atoms with Crippen LogP contribution in [0.15, 0.2) is 223 Å². The van der Waals surface area contributed by atoms with Crippen molar-refractivity contribution < 1.29 is 0 Å². The molecule has 2 N–H and O–H groups in total. The van der Waals surface area contributed by atoms with Gasteiger partial charge in [-0.05, 0) is 91.0 Å². The molecule has 0 aliphatic heterocycles. The third-order valence-electron chi connectivity index (χ3n) is 10.8. The second-order valence-electron chi connectivity index (χ2n) is 14.1. The highest BCUT2D eigenvalue weighted by Gasteiger charge is 2.45. The summed E-state index contributed by atoms with van der Waals surface area (Å²) in [6.45, 7) is 0.561. The molecule has 0 saturated heterocycles. The Hall–Kier alpha value is -7.03. The molecule has 8 aromatic carbocycles. The molecule has 0 aromatic heterocycles. The predicted octanol–water partition coefficient (Wildman–Crippen LogP) is 12.4. The standard InChI is InChI=1S/C53H40N2/c54-51(39-19-7-2-8-20-39)36-52(55-37-38-17-5-1-6-18-38)44-24-16-23-42(34-44)40-21-15-22-41(33-40)43-31-32-50-48(35-43)47-29-13-14-30-49(47)53(50,45-25-9-3-10-26-45)46-27-11-4-12-28-46/h1-36H,37,54H2/b51-36-,55-52?. The van der Waals surface area contributed by atoms with E-state index in [0.29, 0.717) is 12.2 Å². The van der Waals surface area contributed by atoms with Crippen molar-refractivity contribution >= 4 is 11.4 Å². The van der Waals surface area contributed by atoms with E-state index in [-0.39, 0.29) is 0 Å². The highest BCUT2D eigenvalue weighted by molar-refractivity contribution is 6.12. The van der Waals surface area contributed by atoms with Gasteiger partial charge in [-0.1, -0.05) is 194 Å². The van der Waals surface area contributed by atoms with Crippen LogP contribution >= 0.6 is 0 Å². The van der Waals surface area contributed by atoms with Crippen molar-refractivity contribution in [1.29, 1.82) is 0 Å². The first-order chi connectivity index (χ1) is 27.2. The molecule has 9 rings (SSSR count). The number of fused-ring (bicyclic) bond motifs is 3. The highest BCUT2D eigenvalue weighted by Crippen LogP contribution is 2.56. The van der Waals surface area contributed by atoms with E-state index in [1.54, 1.807) is 0 Å². The van der Waals surface area contributed by atoms with Gasteiger partial charge in [0.05, 0.1) is 17.7 Å². The monoisotopic (exact) mass is 704 g/mol. The van der Waals surface area contributed by atoms with E-state index < -0.39 is 5.41 Å². The Balaban J connectivity index is 1.11. The van der Waals surface area contributed by atoms with Crippen molar-refractivity contribution in [3.63, 3.8) is 0 Å². The SMILES string of the molecule is N/C(=C\C(=NCc1ccccc1)c1cccc(-c2cccc(-c3ccc4c(c3)-c3ccccc3C4(c3ccccc3)c3ccccc3)c2)c1)c1ccccc1. The van der Waals surface area contributed by atoms with Crippen LogP contribution in [0.4, 0.5) is 0 Å². The van der Waals surface area contributed by atoms with E-state index in [1.165, 1.54) is 44.5 Å². The number of nitrogens with zero attached hydrogens (tertiary/aromatic N) is 1. The Labute approximate surface area is 323 Å². The van der Waals surface area contributed by atoms with Gasteiger partial charge in [0.25, 0.3) is 0 Å². The molecule has 0 atom stereocenters. The minimum Gasteiger partial charge on any atom is -0.398 e. The summed E-state index contributed by atoms with van der Waals surface area (Å²) in [5, 5.41) is 0. The average Bonchev–Trinajstić information content (AvgIpc) is 3.57. The first-order valence-corrected chi connectivity index (χ1v) is 18.9. The second-order valence-corrected chi connectivity index (χ2v) is 14.1. The Kier molecular flexibility index (Phi) is 9.07. The summed E-state index contributed by atoms with van der Waals surface area (Å²) in [7, 11) is 0. The average molecular weight is 705 g/mol. The molecule has 1 aliphatic carbocycles. The molecule has 0 spiro atoms. The van der Waals surface area contributed by atoms with Crippen molar-refractivity contribution in [3.8, 4) is 33.4 Å². The fraction of sp³-hybridized carbons (Fsp3) is 0.0377. The van der Waals surface area contributed by atoms with Gasteiger partial charge in [0.1, 0.15) is 0 Å². The van der Waals surface area contributed by atoms with Gasteiger partial charge in [0.2, 0.25) is 0 Å². The van der Waals surface area contributed by atoms with E-state index in [1.807, 2.05) is 42.5 Å². The van der Waals surface area contributed by atoms with Gasteiger partial charge in [-0.3, -0.25) is 4.99 Å². The van der Waals surface area contributed by atoms with Crippen LogP contribution in [0.3, 0.4) is 0 Å². The van der Waals surface area contributed by atoms with Crippen LogP contribution in [0.25, 0.3) is 39.1 Å². The van der Waals surface area contributed by atoms with Gasteiger partial charge >= 0.3 is 0 Å². The zero-order valence-electron chi connectivity index (χ0n) is 30.5. The van der Waals surface area contributed by atoms with Crippen LogP contribution in [-0.4, -0.2) is 5.71 Å². The van der Waals surface area contributed by atoms with Crippen LogP contribution in [0.5, 0.6) is 0 Å². The van der Waals surface area contributed by atoms with Gasteiger partial charge in [-0.2, -0.15) is 0 Å². The summed E-state index contributed by atoms with van der Waals surface area (Å²) in [5.74, 6) is 0. The van der Waals surface area contributed by atoms with Crippen molar-refractivity contribution in [2.75, 3.05) is 0 Å². The summed E-state index contributed by atoms with van der Waals surface area (Å²) in [4.78, 5) is 5.10. The van der Waals surface area contributed by atoms with E-state index >= 15 is 0 Å². The van der Waals surface area contributed by atoms with Crippen LogP contribution in [0.2, 0.25) is 0 Å². The molecule has 0 fully saturated rings. The van der Waals surface area contributed by atoms with Gasteiger partial charge in [-0.15, -0.1) is 0 Å². The second kappa shape index (κ2) is 14.8. The molecule has 0 radical (unpaired) electrons. The van der Waals surface area contributed by atoms with E-state index in [9.17, 15) is 0 Å². The Morgan fingerprint density at radius 1 is 0.436 bits per heavy atom. The Morgan fingerprint density at radius 3 is 1.62 bits per heavy atom. The van der Waals surface area contributed by atoms with Gasteiger partial charge in [0.15, 0.2) is 0 Å². The highest BCUT2D eigenvalue weighted by atomic mass is 14.7. The number of aliphatic imine (C=N–C) groups is 1. The van der Waals surface area contributed by atoms with Gasteiger partial charge < -0.3 is 5.73 Å². The zero-order valence-corrected chi connectivity index (χ0v) is 30.5. The summed E-state index contributed by atoms with van der Waals surface area (Å²) >= 11 is 0. The molecular formula is C53H40N2. The molecule has 2 nitrogen and oxygen atoms in total. The number of hydrogen-bond acceptors (Lipinski definition) is 2. The quantitative estimate of drug-likeness (QED) is 0.149. The van der Waals surface area contributed by atoms with Gasteiger partial charge in [-0.25, -0.2) is 0 Å². The molecule has 0 amide bonds. The van der Waals surface area contributed by atoms with Crippen LogP contribution in [0.1, 0.15) is 38.9 Å². The molecule has 0 unspecified atom stereocenters. The first kappa shape index (κ1) is 33.8. The Morgan fingerprint density at radius 2 is 0.945 bits per heavy atom. The topological polar surface area (TPSA) is 38.4 Å². The number of benzene rings is 8. The first-order valence-electron chi connectivity index (χ1n) is 18.9. The van der Waals surface area contributed by atoms with Crippen molar-refractivity contribution in [3.05, 3.63) is 257 Å². The molecule has 55 heavy (non-hydrogen) atoms. The molecule has 0 saturated carbocycles. The summed E-state index contributed by atoms with van der Waals surface area (Å²) in [6.07, 6.45) is 2.00. The molecule has 8 aromatic rings. The van der Waals surface area contributed by atoms with Crippen LogP contribution < -0.4 is 5.73 Å². The van der Waals surface area contributed by atoms with Crippen molar-refractivity contribution in [2.45, 2.75) is 12.0 Å². The van der Waals surface area contributed by atoms with Crippen molar-refractivity contribution in [2.24, 2.45) is 10.7 Å². The van der Waals surface area contributed by atoms with Gasteiger partial charge in [0, 0.05) is 11.3 Å². The molecule has 1 aliphatic rings. The minimum absolute atomic E-state index is 0.409. The lowest BCUT2D eigenvalue weighted by atomic mass is 9.67. The Bertz CT molecular complexity index is 2620. The van der Waals surface area contributed by atoms with E-state index in [2.05, 4.69) is 176 Å². The maximum Gasteiger partial charge on any atom is 0.0713 e. The third kappa shape index (κ3) is 6.38. The predicted molar refractivity (Wildman–Crippen MR) is 230 cm³/mol. The summed E-state index contributed by atoms with van der Waals surface area (Å²) < 4.78 is 0. The molecule has 262 valence electrons. The van der Waals surface area contributed by atoms with E-state index in [0.717, 1.165) is 33.5 Å². The third-order valence-corrected chi connectivity index (χ3v) is 10.8. The lowest BCUT2D eigenvalue weighted by Crippen LogP contribution is -2.28. The normalized spacial score (nSPS) is 13.2. The van der Waals surface area contributed by atoms with Crippen LogP contribution in [0, 0.1) is 0 Å². The minimum atomic E-state index is -0.409. The molecule has 0 bridgehead atoms. The molecular weight excluding hydrogens is 665 g/mol. The van der Waals surface area contributed by atoms with Crippen molar-refractivity contribution in [1.82, 2.24) is 0 Å². The number of nitrogens with two attached hydrogens (primary N) is 1. The smallest absolute Gasteiger partial charge is 0.0713 e. The fourth-order valence-corrected chi connectivity index (χ4v) is 8.21. The largest absolute Gasteiger partial charge is 0.398 e. The lowest BCUT2D eigenvalue weighted by molar-refractivity contribution is 0.768. The number of hydrogen-bond donors (Lipinski definition) is 1. The number of rotatable bonds is 9. The zero-order chi connectivity index (χ0) is 37.0. The van der Waals surface area contributed by atoms with Crippen LogP contribution in [-0.2, 0) is 12.0 Å². The maximum atomic E-state index is 6.67.